The summed E-state index contributed by atoms with van der Waals surface area (Å²) in [6.07, 6.45) is 1.41. The Morgan fingerprint density at radius 2 is 1.55 bits per heavy atom. The van der Waals surface area contributed by atoms with Gasteiger partial charge in [-0.15, -0.1) is 0 Å². The van der Waals surface area contributed by atoms with Crippen LogP contribution in [0.5, 0.6) is 0 Å². The minimum atomic E-state index is -0.488. The maximum Gasteiger partial charge on any atom is 0.291 e. The van der Waals surface area contributed by atoms with Gasteiger partial charge in [0.25, 0.3) is 11.8 Å². The lowest BCUT2D eigenvalue weighted by molar-refractivity contribution is -0.115. The summed E-state index contributed by atoms with van der Waals surface area (Å²) >= 11 is 11.8. The normalized spacial score (nSPS) is 10.3. The van der Waals surface area contributed by atoms with E-state index in [9.17, 15) is 14.4 Å². The summed E-state index contributed by atoms with van der Waals surface area (Å²) in [5.41, 5.74) is 1.26. The first-order valence-electron chi connectivity index (χ1n) is 8.40. The van der Waals surface area contributed by atoms with Gasteiger partial charge in [0.05, 0.1) is 23.4 Å². The summed E-state index contributed by atoms with van der Waals surface area (Å²) in [4.78, 5) is 36.1. The van der Waals surface area contributed by atoms with Gasteiger partial charge < -0.3 is 20.4 Å². The molecule has 3 N–H and O–H groups in total. The lowest BCUT2D eigenvalue weighted by Gasteiger charge is -2.09. The Bertz CT molecular complexity index is 1030. The average Bonchev–Trinajstić information content (AvgIpc) is 3.23. The molecule has 0 unspecified atom stereocenters. The van der Waals surface area contributed by atoms with Gasteiger partial charge in [-0.3, -0.25) is 14.4 Å². The number of hydrogen-bond acceptors (Lipinski definition) is 4. The van der Waals surface area contributed by atoms with Crippen molar-refractivity contribution >= 4 is 52.3 Å². The number of amides is 3. The third kappa shape index (κ3) is 5.60. The minimum absolute atomic E-state index is 0.193. The minimum Gasteiger partial charge on any atom is -0.459 e. The predicted molar refractivity (Wildman–Crippen MR) is 111 cm³/mol. The molecule has 0 saturated heterocycles. The third-order valence-corrected chi connectivity index (χ3v) is 4.30. The molecule has 3 rings (SSSR count). The number of carbonyl (C=O) groups excluding carboxylic acids is 3. The van der Waals surface area contributed by atoms with Crippen molar-refractivity contribution in [2.24, 2.45) is 0 Å². The summed E-state index contributed by atoms with van der Waals surface area (Å²) in [6.45, 7) is -0.241. The van der Waals surface area contributed by atoms with Crippen molar-refractivity contribution in [2.45, 2.75) is 0 Å². The fourth-order valence-corrected chi connectivity index (χ4v) is 2.87. The van der Waals surface area contributed by atoms with Crippen molar-refractivity contribution in [3.63, 3.8) is 0 Å². The van der Waals surface area contributed by atoms with Crippen LogP contribution in [0.4, 0.5) is 11.4 Å². The Morgan fingerprint density at radius 3 is 2.17 bits per heavy atom. The number of rotatable bonds is 6. The quantitative estimate of drug-likeness (QED) is 0.543. The Hall–Kier alpha value is -3.29. The molecule has 0 aliphatic rings. The van der Waals surface area contributed by atoms with E-state index in [0.29, 0.717) is 16.4 Å². The predicted octanol–water partition coefficient (Wildman–Crippen LogP) is 4.21. The van der Waals surface area contributed by atoms with Gasteiger partial charge in [0, 0.05) is 16.4 Å². The Labute approximate surface area is 176 Å². The van der Waals surface area contributed by atoms with Crippen LogP contribution in [0.3, 0.4) is 0 Å². The molecule has 1 aromatic heterocycles. The number of carbonyl (C=O) groups is 3. The molecule has 0 fully saturated rings. The molecule has 0 radical (unpaired) electrons. The molecule has 3 aromatic rings. The van der Waals surface area contributed by atoms with E-state index in [1.807, 2.05) is 0 Å². The zero-order valence-corrected chi connectivity index (χ0v) is 16.4. The van der Waals surface area contributed by atoms with Gasteiger partial charge in [0.2, 0.25) is 5.91 Å². The van der Waals surface area contributed by atoms with Gasteiger partial charge in [-0.2, -0.15) is 0 Å². The van der Waals surface area contributed by atoms with E-state index in [2.05, 4.69) is 16.0 Å². The van der Waals surface area contributed by atoms with E-state index >= 15 is 0 Å². The Morgan fingerprint density at radius 1 is 0.862 bits per heavy atom. The first-order valence-corrected chi connectivity index (χ1v) is 9.16. The molecular formula is C20H15Cl2N3O4. The summed E-state index contributed by atoms with van der Waals surface area (Å²) in [7, 11) is 0. The maximum absolute atomic E-state index is 12.1. The number of benzene rings is 2. The van der Waals surface area contributed by atoms with Crippen LogP contribution >= 0.6 is 23.2 Å². The molecule has 148 valence electrons. The van der Waals surface area contributed by atoms with Crippen LogP contribution in [-0.4, -0.2) is 24.3 Å². The number of halogens is 2. The fraction of sp³-hybridized carbons (Fsp3) is 0.0500. The monoisotopic (exact) mass is 431 g/mol. The number of hydrogen-bond donors (Lipinski definition) is 3. The Balaban J connectivity index is 1.50. The highest BCUT2D eigenvalue weighted by molar-refractivity contribution is 6.36. The second-order valence-corrected chi connectivity index (χ2v) is 6.71. The van der Waals surface area contributed by atoms with Crippen LogP contribution in [0.1, 0.15) is 20.9 Å². The summed E-state index contributed by atoms with van der Waals surface area (Å²) in [5.74, 6) is -1.09. The van der Waals surface area contributed by atoms with Crippen LogP contribution in [0.2, 0.25) is 10.0 Å². The number of anilines is 2. The van der Waals surface area contributed by atoms with E-state index < -0.39 is 11.8 Å². The maximum atomic E-state index is 12.1. The lowest BCUT2D eigenvalue weighted by Crippen LogP contribution is -2.33. The molecule has 3 amide bonds. The van der Waals surface area contributed by atoms with Gasteiger partial charge in [-0.1, -0.05) is 23.2 Å². The summed E-state index contributed by atoms with van der Waals surface area (Å²) in [6, 6.07) is 14.1. The molecule has 1 heterocycles. The fourth-order valence-electron chi connectivity index (χ4n) is 2.37. The van der Waals surface area contributed by atoms with Crippen LogP contribution in [0.15, 0.2) is 65.3 Å². The standard InChI is InChI=1S/C20H15Cl2N3O4/c21-12-3-8-15(16(22)10-12)19(27)23-11-18(26)24-13-4-6-14(7-5-13)25-20(28)17-2-1-9-29-17/h1-10H,11H2,(H,23,27)(H,24,26)(H,25,28). The molecule has 9 heteroatoms. The summed E-state index contributed by atoms with van der Waals surface area (Å²) in [5, 5.41) is 8.40. The lowest BCUT2D eigenvalue weighted by atomic mass is 10.2. The van der Waals surface area contributed by atoms with Crippen molar-refractivity contribution in [1.29, 1.82) is 0 Å². The van der Waals surface area contributed by atoms with Crippen molar-refractivity contribution in [1.82, 2.24) is 5.32 Å². The smallest absolute Gasteiger partial charge is 0.291 e. The zero-order valence-electron chi connectivity index (χ0n) is 14.9. The van der Waals surface area contributed by atoms with Crippen LogP contribution in [0.25, 0.3) is 0 Å². The van der Waals surface area contributed by atoms with Crippen LogP contribution in [0, 0.1) is 0 Å². The van der Waals surface area contributed by atoms with E-state index in [4.69, 9.17) is 27.6 Å². The van der Waals surface area contributed by atoms with E-state index in [0.717, 1.165) is 0 Å². The molecule has 2 aromatic carbocycles. The molecule has 7 nitrogen and oxygen atoms in total. The second kappa shape index (κ2) is 9.27. The molecule has 0 saturated carbocycles. The molecule has 0 spiro atoms. The second-order valence-electron chi connectivity index (χ2n) is 5.86. The largest absolute Gasteiger partial charge is 0.459 e. The molecule has 0 aliphatic heterocycles. The highest BCUT2D eigenvalue weighted by Crippen LogP contribution is 2.20. The Kier molecular flexibility index (Phi) is 6.54. The molecule has 0 aliphatic carbocycles. The first-order chi connectivity index (χ1) is 13.9. The molecular weight excluding hydrogens is 417 g/mol. The van der Waals surface area contributed by atoms with Gasteiger partial charge >= 0.3 is 0 Å². The topological polar surface area (TPSA) is 100 Å². The van der Waals surface area contributed by atoms with Crippen molar-refractivity contribution < 1.29 is 18.8 Å². The zero-order chi connectivity index (χ0) is 20.8. The van der Waals surface area contributed by atoms with Crippen molar-refractivity contribution in [2.75, 3.05) is 17.2 Å². The highest BCUT2D eigenvalue weighted by atomic mass is 35.5. The van der Waals surface area contributed by atoms with Crippen LogP contribution in [-0.2, 0) is 4.79 Å². The van der Waals surface area contributed by atoms with Crippen LogP contribution < -0.4 is 16.0 Å². The van der Waals surface area contributed by atoms with Gasteiger partial charge in [-0.05, 0) is 54.6 Å². The summed E-state index contributed by atoms with van der Waals surface area (Å²) < 4.78 is 5.02. The molecule has 0 atom stereocenters. The molecule has 29 heavy (non-hydrogen) atoms. The molecule has 0 bridgehead atoms. The average molecular weight is 432 g/mol. The van der Waals surface area contributed by atoms with Crippen molar-refractivity contribution in [3.05, 3.63) is 82.2 Å². The van der Waals surface area contributed by atoms with Gasteiger partial charge in [-0.25, -0.2) is 0 Å². The number of nitrogens with one attached hydrogen (secondary N) is 3. The van der Waals surface area contributed by atoms with E-state index in [1.54, 1.807) is 36.4 Å². The highest BCUT2D eigenvalue weighted by Gasteiger charge is 2.12. The van der Waals surface area contributed by atoms with Gasteiger partial charge in [0.1, 0.15) is 0 Å². The number of furan rings is 1. The SMILES string of the molecule is O=C(CNC(=O)c1ccc(Cl)cc1Cl)Nc1ccc(NC(=O)c2ccco2)cc1. The third-order valence-electron chi connectivity index (χ3n) is 3.76. The first kappa shape index (κ1) is 20.4. The van der Waals surface area contributed by atoms with E-state index in [-0.39, 0.29) is 28.8 Å². The van der Waals surface area contributed by atoms with Gasteiger partial charge in [0.15, 0.2) is 5.76 Å². The van der Waals surface area contributed by atoms with E-state index in [1.165, 1.54) is 24.5 Å². The van der Waals surface area contributed by atoms with Crippen molar-refractivity contribution in [3.8, 4) is 0 Å².